The van der Waals surface area contributed by atoms with Crippen molar-refractivity contribution in [3.05, 3.63) is 63.9 Å². The lowest BCUT2D eigenvalue weighted by Gasteiger charge is -2.20. The molecule has 0 aliphatic rings. The Bertz CT molecular complexity index is 575. The predicted octanol–water partition coefficient (Wildman–Crippen LogP) is 3.82. The molecule has 5 heteroatoms. The van der Waals surface area contributed by atoms with Crippen molar-refractivity contribution in [1.82, 2.24) is 10.3 Å². The van der Waals surface area contributed by atoms with Gasteiger partial charge in [-0.15, -0.1) is 0 Å². The van der Waals surface area contributed by atoms with Crippen LogP contribution in [0, 0.1) is 11.6 Å². The summed E-state index contributed by atoms with van der Waals surface area (Å²) in [6, 6.07) is 5.66. The number of nitrogens with one attached hydrogen (secondary N) is 1. The molecule has 2 nitrogen and oxygen atoms in total. The molecule has 0 bridgehead atoms. The maximum Gasteiger partial charge on any atom is 0.146 e. The second kappa shape index (κ2) is 6.21. The van der Waals surface area contributed by atoms with E-state index in [0.29, 0.717) is 17.7 Å². The minimum atomic E-state index is -0.537. The van der Waals surface area contributed by atoms with Gasteiger partial charge in [-0.2, -0.15) is 0 Å². The first-order valence-corrected chi connectivity index (χ1v) is 6.70. The third-order valence-corrected chi connectivity index (χ3v) is 3.29. The van der Waals surface area contributed by atoms with Gasteiger partial charge in [0.15, 0.2) is 0 Å². The molecule has 1 aromatic carbocycles. The number of rotatable bonds is 4. The molecule has 0 saturated carbocycles. The Morgan fingerprint density at radius 2 is 2.00 bits per heavy atom. The molecule has 1 N–H and O–H groups in total. The third kappa shape index (κ3) is 3.16. The number of hydrogen-bond acceptors (Lipinski definition) is 2. The lowest BCUT2D eigenvalue weighted by atomic mass is 9.98. The van der Waals surface area contributed by atoms with Gasteiger partial charge in [0.25, 0.3) is 0 Å². The van der Waals surface area contributed by atoms with E-state index < -0.39 is 11.9 Å². The molecule has 0 radical (unpaired) electrons. The molecule has 0 saturated heterocycles. The molecule has 2 aromatic rings. The SMILES string of the molecule is CCNC(c1ccncc1F)c1cc(Br)ccc1F. The molecule has 0 aliphatic heterocycles. The first-order valence-electron chi connectivity index (χ1n) is 5.91. The second-order valence-corrected chi connectivity index (χ2v) is 4.97. The summed E-state index contributed by atoms with van der Waals surface area (Å²) in [5, 5.41) is 3.10. The summed E-state index contributed by atoms with van der Waals surface area (Å²) in [5.74, 6) is -0.821. The van der Waals surface area contributed by atoms with E-state index in [-0.39, 0.29) is 5.82 Å². The van der Waals surface area contributed by atoms with Crippen LogP contribution in [-0.4, -0.2) is 11.5 Å². The molecule has 0 aliphatic carbocycles. The van der Waals surface area contributed by atoms with Gasteiger partial charge in [-0.1, -0.05) is 22.9 Å². The van der Waals surface area contributed by atoms with E-state index in [1.165, 1.54) is 12.3 Å². The van der Waals surface area contributed by atoms with Crippen LogP contribution in [0.4, 0.5) is 8.78 Å². The highest BCUT2D eigenvalue weighted by Crippen LogP contribution is 2.28. The molecular weight excluding hydrogens is 314 g/mol. The van der Waals surface area contributed by atoms with Gasteiger partial charge in [-0.25, -0.2) is 8.78 Å². The van der Waals surface area contributed by atoms with E-state index in [0.717, 1.165) is 10.7 Å². The van der Waals surface area contributed by atoms with Crippen LogP contribution in [-0.2, 0) is 0 Å². The average molecular weight is 327 g/mol. The highest BCUT2D eigenvalue weighted by molar-refractivity contribution is 9.10. The Labute approximate surface area is 119 Å². The average Bonchev–Trinajstić information content (AvgIpc) is 2.40. The topological polar surface area (TPSA) is 24.9 Å². The van der Waals surface area contributed by atoms with Gasteiger partial charge >= 0.3 is 0 Å². The molecule has 0 fully saturated rings. The molecule has 1 aromatic heterocycles. The van der Waals surface area contributed by atoms with Gasteiger partial charge in [-0.05, 0) is 30.8 Å². The summed E-state index contributed by atoms with van der Waals surface area (Å²) >= 11 is 3.31. The third-order valence-electron chi connectivity index (χ3n) is 2.79. The first kappa shape index (κ1) is 14.1. The number of hydrogen-bond donors (Lipinski definition) is 1. The fourth-order valence-corrected chi connectivity index (χ4v) is 2.33. The molecule has 0 spiro atoms. The highest BCUT2D eigenvalue weighted by Gasteiger charge is 2.20. The van der Waals surface area contributed by atoms with Crippen LogP contribution in [0.25, 0.3) is 0 Å². The van der Waals surface area contributed by atoms with Crippen LogP contribution in [0.5, 0.6) is 0 Å². The first-order chi connectivity index (χ1) is 9.13. The molecule has 1 heterocycles. The summed E-state index contributed by atoms with van der Waals surface area (Å²) < 4.78 is 28.6. The number of aromatic nitrogens is 1. The Kier molecular flexibility index (Phi) is 4.61. The van der Waals surface area contributed by atoms with Crippen molar-refractivity contribution >= 4 is 15.9 Å². The molecule has 1 unspecified atom stereocenters. The van der Waals surface area contributed by atoms with Crippen molar-refractivity contribution in [2.24, 2.45) is 0 Å². The van der Waals surface area contributed by atoms with Gasteiger partial charge in [0.05, 0.1) is 12.2 Å². The van der Waals surface area contributed by atoms with Gasteiger partial charge in [-0.3, -0.25) is 4.98 Å². The maximum absolute atomic E-state index is 14.0. The Morgan fingerprint density at radius 1 is 1.21 bits per heavy atom. The van der Waals surface area contributed by atoms with E-state index in [1.807, 2.05) is 6.92 Å². The van der Waals surface area contributed by atoms with E-state index in [2.05, 4.69) is 26.2 Å². The quantitative estimate of drug-likeness (QED) is 0.923. The summed E-state index contributed by atoms with van der Waals surface area (Å²) in [5.41, 5.74) is 0.787. The van der Waals surface area contributed by atoms with E-state index >= 15 is 0 Å². The van der Waals surface area contributed by atoms with E-state index in [4.69, 9.17) is 0 Å². The molecule has 0 amide bonds. The molecule has 100 valence electrons. The van der Waals surface area contributed by atoms with Crippen LogP contribution < -0.4 is 5.32 Å². The predicted molar refractivity (Wildman–Crippen MR) is 73.8 cm³/mol. The number of benzene rings is 1. The Balaban J connectivity index is 2.51. The highest BCUT2D eigenvalue weighted by atomic mass is 79.9. The molecule has 2 rings (SSSR count). The van der Waals surface area contributed by atoms with Gasteiger partial charge in [0, 0.05) is 21.8 Å². The van der Waals surface area contributed by atoms with Crippen molar-refractivity contribution in [3.63, 3.8) is 0 Å². The van der Waals surface area contributed by atoms with Crippen molar-refractivity contribution in [2.45, 2.75) is 13.0 Å². The molecular formula is C14H13BrF2N2. The standard InChI is InChI=1S/C14H13BrF2N2/c1-2-19-14(10-5-6-18-8-13(10)17)11-7-9(15)3-4-12(11)16/h3-8,14,19H,2H2,1H3. The van der Waals surface area contributed by atoms with Crippen molar-refractivity contribution in [3.8, 4) is 0 Å². The van der Waals surface area contributed by atoms with E-state index in [1.54, 1.807) is 18.2 Å². The lowest BCUT2D eigenvalue weighted by Crippen LogP contribution is -2.24. The Hall–Kier alpha value is -1.33. The minimum absolute atomic E-state index is 0.370. The number of pyridine rings is 1. The van der Waals surface area contributed by atoms with Gasteiger partial charge in [0.1, 0.15) is 11.6 Å². The van der Waals surface area contributed by atoms with Gasteiger partial charge in [0.2, 0.25) is 0 Å². The summed E-state index contributed by atoms with van der Waals surface area (Å²) in [4.78, 5) is 3.72. The smallest absolute Gasteiger partial charge is 0.146 e. The molecule has 19 heavy (non-hydrogen) atoms. The zero-order valence-electron chi connectivity index (χ0n) is 10.3. The van der Waals surface area contributed by atoms with Gasteiger partial charge < -0.3 is 5.32 Å². The van der Waals surface area contributed by atoms with Crippen molar-refractivity contribution in [1.29, 1.82) is 0 Å². The summed E-state index contributed by atoms with van der Waals surface area (Å²) in [6.45, 7) is 2.49. The number of nitrogens with zero attached hydrogens (tertiary/aromatic N) is 1. The van der Waals surface area contributed by atoms with Crippen LogP contribution in [0.2, 0.25) is 0 Å². The normalized spacial score (nSPS) is 12.4. The maximum atomic E-state index is 14.0. The fraction of sp³-hybridized carbons (Fsp3) is 0.214. The number of halogens is 3. The molecule has 1 atom stereocenters. The van der Waals surface area contributed by atoms with E-state index in [9.17, 15) is 8.78 Å². The summed E-state index contributed by atoms with van der Waals surface area (Å²) in [6.07, 6.45) is 2.63. The van der Waals surface area contributed by atoms with Crippen LogP contribution in [0.3, 0.4) is 0 Å². The van der Waals surface area contributed by atoms with Crippen molar-refractivity contribution in [2.75, 3.05) is 6.54 Å². The van der Waals surface area contributed by atoms with Crippen LogP contribution in [0.1, 0.15) is 24.1 Å². The second-order valence-electron chi connectivity index (χ2n) is 4.05. The van der Waals surface area contributed by atoms with Crippen LogP contribution >= 0.6 is 15.9 Å². The largest absolute Gasteiger partial charge is 0.306 e. The zero-order valence-corrected chi connectivity index (χ0v) is 11.9. The summed E-state index contributed by atoms with van der Waals surface area (Å²) in [7, 11) is 0. The zero-order chi connectivity index (χ0) is 13.8. The lowest BCUT2D eigenvalue weighted by molar-refractivity contribution is 0.528. The minimum Gasteiger partial charge on any atom is -0.306 e. The van der Waals surface area contributed by atoms with Crippen LogP contribution in [0.15, 0.2) is 41.1 Å². The monoisotopic (exact) mass is 326 g/mol. The Morgan fingerprint density at radius 3 is 2.68 bits per heavy atom. The van der Waals surface area contributed by atoms with Crippen molar-refractivity contribution < 1.29 is 8.78 Å². The fourth-order valence-electron chi connectivity index (χ4n) is 1.95.